The number of rotatable bonds is 5. The van der Waals surface area contributed by atoms with Crippen molar-refractivity contribution >= 4 is 33.3 Å². The maximum atomic E-state index is 12.0. The largest absolute Gasteiger partial charge is 0.462 e. The third-order valence-electron chi connectivity index (χ3n) is 3.17. The molecule has 0 aliphatic carbocycles. The van der Waals surface area contributed by atoms with E-state index in [2.05, 4.69) is 25.4 Å². The van der Waals surface area contributed by atoms with Crippen LogP contribution < -0.4 is 5.32 Å². The van der Waals surface area contributed by atoms with Gasteiger partial charge in [-0.3, -0.25) is 0 Å². The Morgan fingerprint density at radius 1 is 1.39 bits per heavy atom. The molecule has 0 amide bonds. The van der Waals surface area contributed by atoms with Gasteiger partial charge in [-0.25, -0.2) is 14.8 Å². The number of esters is 1. The highest BCUT2D eigenvalue weighted by atomic mass is 32.1. The van der Waals surface area contributed by atoms with Gasteiger partial charge >= 0.3 is 5.97 Å². The Balaban J connectivity index is 1.92. The third-order valence-corrected chi connectivity index (χ3v) is 4.35. The maximum Gasteiger partial charge on any atom is 0.348 e. The summed E-state index contributed by atoms with van der Waals surface area (Å²) in [7, 11) is 0. The van der Waals surface area contributed by atoms with Gasteiger partial charge in [0.05, 0.1) is 18.5 Å². The van der Waals surface area contributed by atoms with Crippen molar-refractivity contribution in [2.75, 3.05) is 11.9 Å². The number of hydrogen-bond acceptors (Lipinski definition) is 9. The molecule has 0 bridgehead atoms. The number of aromatic nitrogens is 4. The van der Waals surface area contributed by atoms with Crippen LogP contribution >= 0.6 is 11.3 Å². The summed E-state index contributed by atoms with van der Waals surface area (Å²) >= 11 is 1.30. The fourth-order valence-corrected chi connectivity index (χ4v) is 3.22. The van der Waals surface area contributed by atoms with Crippen LogP contribution in [0, 0.1) is 13.8 Å². The third kappa shape index (κ3) is 3.00. The Labute approximate surface area is 135 Å². The van der Waals surface area contributed by atoms with Gasteiger partial charge in [0.2, 0.25) is 5.89 Å². The molecule has 0 unspecified atom stereocenters. The highest BCUT2D eigenvalue weighted by Crippen LogP contribution is 2.33. The van der Waals surface area contributed by atoms with E-state index in [0.29, 0.717) is 35.6 Å². The Hall–Kier alpha value is -2.55. The summed E-state index contributed by atoms with van der Waals surface area (Å²) in [5, 5.41) is 7.79. The minimum Gasteiger partial charge on any atom is -0.462 e. The molecule has 3 heterocycles. The molecule has 8 nitrogen and oxygen atoms in total. The zero-order chi connectivity index (χ0) is 16.4. The van der Waals surface area contributed by atoms with Crippen molar-refractivity contribution in [3.8, 4) is 0 Å². The molecule has 0 aromatic carbocycles. The summed E-state index contributed by atoms with van der Waals surface area (Å²) in [5.74, 6) is 1.33. The summed E-state index contributed by atoms with van der Waals surface area (Å²) in [5.41, 5.74) is 0.802. The van der Waals surface area contributed by atoms with Gasteiger partial charge in [0.15, 0.2) is 5.82 Å². The Morgan fingerprint density at radius 3 is 2.91 bits per heavy atom. The molecule has 3 aromatic heterocycles. The summed E-state index contributed by atoms with van der Waals surface area (Å²) < 4.78 is 10.0. The maximum absolute atomic E-state index is 12.0. The second kappa shape index (κ2) is 6.29. The van der Waals surface area contributed by atoms with Gasteiger partial charge in [-0.2, -0.15) is 4.98 Å². The van der Waals surface area contributed by atoms with E-state index >= 15 is 0 Å². The monoisotopic (exact) mass is 333 g/mol. The predicted molar refractivity (Wildman–Crippen MR) is 84.5 cm³/mol. The van der Waals surface area contributed by atoms with Crippen molar-refractivity contribution in [1.29, 1.82) is 0 Å². The molecule has 0 spiro atoms. The number of nitrogens with one attached hydrogen (secondary N) is 1. The smallest absolute Gasteiger partial charge is 0.348 e. The van der Waals surface area contributed by atoms with E-state index < -0.39 is 0 Å². The highest BCUT2D eigenvalue weighted by Gasteiger charge is 2.20. The standard InChI is InChI=1S/C14H15N5O3S/c1-4-21-14(20)11-7(2)10-12(16-6-17-13(10)23-11)15-5-9-18-8(3)22-19-9/h6H,4-5H2,1-3H3,(H,15,16,17). The van der Waals surface area contributed by atoms with Gasteiger partial charge in [0.1, 0.15) is 21.9 Å². The highest BCUT2D eigenvalue weighted by molar-refractivity contribution is 7.20. The van der Waals surface area contributed by atoms with Crippen LogP contribution in [0.1, 0.15) is 33.9 Å². The van der Waals surface area contributed by atoms with E-state index in [1.165, 1.54) is 17.7 Å². The Bertz CT molecular complexity index is 857. The summed E-state index contributed by atoms with van der Waals surface area (Å²) in [4.78, 5) is 25.9. The van der Waals surface area contributed by atoms with Crippen molar-refractivity contribution in [2.45, 2.75) is 27.3 Å². The van der Waals surface area contributed by atoms with Crippen LogP contribution in [0.2, 0.25) is 0 Å². The molecular formula is C14H15N5O3S. The fourth-order valence-electron chi connectivity index (χ4n) is 2.17. The number of fused-ring (bicyclic) bond motifs is 1. The number of anilines is 1. The van der Waals surface area contributed by atoms with Gasteiger partial charge in [0.25, 0.3) is 0 Å². The lowest BCUT2D eigenvalue weighted by atomic mass is 10.2. The topological polar surface area (TPSA) is 103 Å². The van der Waals surface area contributed by atoms with Gasteiger partial charge in [0, 0.05) is 6.92 Å². The van der Waals surface area contributed by atoms with E-state index in [0.717, 1.165) is 15.8 Å². The minimum absolute atomic E-state index is 0.334. The first-order valence-electron chi connectivity index (χ1n) is 7.04. The molecule has 0 aliphatic rings. The van der Waals surface area contributed by atoms with Crippen molar-refractivity contribution < 1.29 is 14.1 Å². The lowest BCUT2D eigenvalue weighted by Crippen LogP contribution is -2.05. The van der Waals surface area contributed by atoms with E-state index in [1.807, 2.05) is 6.92 Å². The van der Waals surface area contributed by atoms with Crippen LogP contribution in [-0.2, 0) is 11.3 Å². The Morgan fingerprint density at radius 2 is 2.22 bits per heavy atom. The van der Waals surface area contributed by atoms with Gasteiger partial charge < -0.3 is 14.6 Å². The summed E-state index contributed by atoms with van der Waals surface area (Å²) in [6.45, 7) is 6.07. The van der Waals surface area contributed by atoms with Gasteiger partial charge in [-0.05, 0) is 19.4 Å². The first-order chi connectivity index (χ1) is 11.1. The lowest BCUT2D eigenvalue weighted by Gasteiger charge is -2.05. The van der Waals surface area contributed by atoms with E-state index in [1.54, 1.807) is 13.8 Å². The molecular weight excluding hydrogens is 318 g/mol. The molecule has 9 heteroatoms. The molecule has 0 radical (unpaired) electrons. The zero-order valence-electron chi connectivity index (χ0n) is 12.9. The number of carbonyl (C=O) groups is 1. The van der Waals surface area contributed by atoms with Crippen molar-refractivity contribution in [1.82, 2.24) is 20.1 Å². The van der Waals surface area contributed by atoms with E-state index in [9.17, 15) is 4.79 Å². The van der Waals surface area contributed by atoms with Gasteiger partial charge in [-0.1, -0.05) is 5.16 Å². The quantitative estimate of drug-likeness (QED) is 0.710. The molecule has 0 saturated carbocycles. The van der Waals surface area contributed by atoms with Crippen molar-refractivity contribution in [2.24, 2.45) is 0 Å². The number of thiophene rings is 1. The molecule has 3 rings (SSSR count). The first-order valence-corrected chi connectivity index (χ1v) is 7.86. The number of ether oxygens (including phenoxy) is 1. The normalized spacial score (nSPS) is 10.9. The second-order valence-electron chi connectivity index (χ2n) is 4.76. The molecule has 3 aromatic rings. The molecule has 0 saturated heterocycles. The zero-order valence-corrected chi connectivity index (χ0v) is 13.7. The van der Waals surface area contributed by atoms with Crippen molar-refractivity contribution in [3.05, 3.63) is 28.5 Å². The molecule has 0 aliphatic heterocycles. The van der Waals surface area contributed by atoms with Crippen molar-refractivity contribution in [3.63, 3.8) is 0 Å². The number of nitrogens with zero attached hydrogens (tertiary/aromatic N) is 4. The lowest BCUT2D eigenvalue weighted by molar-refractivity contribution is 0.0531. The number of carbonyl (C=O) groups excluding carboxylic acids is 1. The average Bonchev–Trinajstić information content (AvgIpc) is 3.10. The first kappa shape index (κ1) is 15.3. The van der Waals surface area contributed by atoms with Crippen LogP contribution in [0.25, 0.3) is 10.2 Å². The molecule has 0 atom stereocenters. The average molecular weight is 333 g/mol. The van der Waals surface area contributed by atoms with Crippen LogP contribution in [0.5, 0.6) is 0 Å². The van der Waals surface area contributed by atoms with Gasteiger partial charge in [-0.15, -0.1) is 11.3 Å². The molecule has 120 valence electrons. The SMILES string of the molecule is CCOC(=O)c1sc2ncnc(NCc3noc(C)n3)c2c1C. The molecule has 1 N–H and O–H groups in total. The number of hydrogen-bond donors (Lipinski definition) is 1. The Kier molecular flexibility index (Phi) is 4.20. The summed E-state index contributed by atoms with van der Waals surface area (Å²) in [6, 6.07) is 0. The predicted octanol–water partition coefficient (Wildman–Crippen LogP) is 2.48. The van der Waals surface area contributed by atoms with Crippen LogP contribution in [0.4, 0.5) is 5.82 Å². The number of aryl methyl sites for hydroxylation is 2. The summed E-state index contributed by atoms with van der Waals surface area (Å²) in [6.07, 6.45) is 1.46. The van der Waals surface area contributed by atoms with Crippen LogP contribution in [0.15, 0.2) is 10.9 Å². The van der Waals surface area contributed by atoms with Crippen LogP contribution in [0.3, 0.4) is 0 Å². The van der Waals surface area contributed by atoms with Crippen LogP contribution in [-0.4, -0.2) is 32.7 Å². The second-order valence-corrected chi connectivity index (χ2v) is 5.76. The molecule has 23 heavy (non-hydrogen) atoms. The minimum atomic E-state index is -0.340. The molecule has 0 fully saturated rings. The van der Waals surface area contributed by atoms with E-state index in [4.69, 9.17) is 9.26 Å². The fraction of sp³-hybridized carbons (Fsp3) is 0.357. The van der Waals surface area contributed by atoms with E-state index in [-0.39, 0.29) is 5.97 Å².